The molecule has 0 fully saturated rings. The van der Waals surface area contributed by atoms with Gasteiger partial charge in [-0.25, -0.2) is 4.79 Å². The Morgan fingerprint density at radius 3 is 3.05 bits per heavy atom. The Morgan fingerprint density at radius 1 is 1.47 bits per heavy atom. The van der Waals surface area contributed by atoms with Crippen molar-refractivity contribution in [2.75, 3.05) is 7.11 Å². The molecule has 98 valence electrons. The molecule has 19 heavy (non-hydrogen) atoms. The molecule has 0 amide bonds. The fourth-order valence-electron chi connectivity index (χ4n) is 2.56. The van der Waals surface area contributed by atoms with Crippen LogP contribution < -0.4 is 4.74 Å². The van der Waals surface area contributed by atoms with Crippen molar-refractivity contribution < 1.29 is 14.6 Å². The third kappa shape index (κ3) is 1.87. The van der Waals surface area contributed by atoms with Crippen molar-refractivity contribution in [3.63, 3.8) is 0 Å². The molecule has 2 heterocycles. The van der Waals surface area contributed by atoms with Crippen LogP contribution >= 0.6 is 0 Å². The van der Waals surface area contributed by atoms with Crippen molar-refractivity contribution in [1.82, 2.24) is 9.78 Å². The van der Waals surface area contributed by atoms with E-state index in [-0.39, 0.29) is 5.69 Å². The van der Waals surface area contributed by atoms with Gasteiger partial charge in [0.05, 0.1) is 7.11 Å². The lowest BCUT2D eigenvalue weighted by Crippen LogP contribution is -2.02. The molecule has 0 saturated carbocycles. The van der Waals surface area contributed by atoms with E-state index in [1.54, 1.807) is 11.8 Å². The van der Waals surface area contributed by atoms with Gasteiger partial charge in [-0.1, -0.05) is 12.1 Å². The number of hydrogen-bond donors (Lipinski definition) is 1. The predicted molar refractivity (Wildman–Crippen MR) is 69.5 cm³/mol. The van der Waals surface area contributed by atoms with Gasteiger partial charge in [0.2, 0.25) is 0 Å². The number of rotatable bonds is 3. The smallest absolute Gasteiger partial charge is 0.357 e. The zero-order valence-electron chi connectivity index (χ0n) is 10.6. The van der Waals surface area contributed by atoms with E-state index in [9.17, 15) is 9.90 Å². The molecule has 0 unspecified atom stereocenters. The molecule has 1 aromatic carbocycles. The fourth-order valence-corrected chi connectivity index (χ4v) is 2.56. The second kappa shape index (κ2) is 4.42. The van der Waals surface area contributed by atoms with E-state index in [0.29, 0.717) is 5.75 Å². The minimum absolute atomic E-state index is 0.128. The van der Waals surface area contributed by atoms with Gasteiger partial charge in [0.15, 0.2) is 5.69 Å². The highest BCUT2D eigenvalue weighted by atomic mass is 16.5. The molecule has 0 atom stereocenters. The lowest BCUT2D eigenvalue weighted by molar-refractivity contribution is 0.0690. The number of ether oxygens (including phenoxy) is 1. The number of aromatic carboxylic acids is 1. The van der Waals surface area contributed by atoms with Crippen LogP contribution in [0.4, 0.5) is 0 Å². The molecule has 1 aliphatic rings. The Bertz CT molecular complexity index is 646. The van der Waals surface area contributed by atoms with Crippen molar-refractivity contribution in [3.8, 4) is 16.9 Å². The third-order valence-electron chi connectivity index (χ3n) is 3.40. The van der Waals surface area contributed by atoms with E-state index in [1.807, 2.05) is 24.3 Å². The Balaban J connectivity index is 2.20. The van der Waals surface area contributed by atoms with Crippen LogP contribution in [-0.2, 0) is 13.0 Å². The van der Waals surface area contributed by atoms with Crippen molar-refractivity contribution in [1.29, 1.82) is 0 Å². The second-order valence-electron chi connectivity index (χ2n) is 4.53. The number of carbonyl (C=O) groups is 1. The Hall–Kier alpha value is -2.30. The highest BCUT2D eigenvalue weighted by molar-refractivity contribution is 5.95. The Kier molecular flexibility index (Phi) is 2.74. The summed E-state index contributed by atoms with van der Waals surface area (Å²) >= 11 is 0. The third-order valence-corrected chi connectivity index (χ3v) is 3.40. The first-order valence-electron chi connectivity index (χ1n) is 6.18. The summed E-state index contributed by atoms with van der Waals surface area (Å²) in [6.45, 7) is 0.791. The van der Waals surface area contributed by atoms with Crippen molar-refractivity contribution in [2.45, 2.75) is 19.4 Å². The summed E-state index contributed by atoms with van der Waals surface area (Å²) in [5.41, 5.74) is 2.71. The molecule has 3 rings (SSSR count). The van der Waals surface area contributed by atoms with Gasteiger partial charge in [-0.05, 0) is 30.5 Å². The zero-order chi connectivity index (χ0) is 13.4. The first-order valence-corrected chi connectivity index (χ1v) is 6.18. The van der Waals surface area contributed by atoms with Crippen LogP contribution in [0.15, 0.2) is 24.3 Å². The fraction of sp³-hybridized carbons (Fsp3) is 0.286. The summed E-state index contributed by atoms with van der Waals surface area (Å²) in [5, 5.41) is 13.5. The van der Waals surface area contributed by atoms with E-state index < -0.39 is 5.97 Å². The summed E-state index contributed by atoms with van der Waals surface area (Å²) in [6, 6.07) is 7.44. The summed E-state index contributed by atoms with van der Waals surface area (Å²) in [5.74, 6) is -0.272. The number of aryl methyl sites for hydroxylation is 1. The summed E-state index contributed by atoms with van der Waals surface area (Å²) < 4.78 is 7.00. The number of carboxylic acid groups (broad SMARTS) is 1. The normalized spacial score (nSPS) is 13.3. The molecular weight excluding hydrogens is 244 g/mol. The molecule has 1 aliphatic heterocycles. The van der Waals surface area contributed by atoms with Crippen LogP contribution in [0.25, 0.3) is 11.1 Å². The Morgan fingerprint density at radius 2 is 2.32 bits per heavy atom. The van der Waals surface area contributed by atoms with Gasteiger partial charge in [0.25, 0.3) is 0 Å². The van der Waals surface area contributed by atoms with Crippen LogP contribution in [0.1, 0.15) is 22.6 Å². The summed E-state index contributed by atoms with van der Waals surface area (Å²) in [6.07, 6.45) is 1.88. The second-order valence-corrected chi connectivity index (χ2v) is 4.53. The zero-order valence-corrected chi connectivity index (χ0v) is 10.6. The van der Waals surface area contributed by atoms with Crippen LogP contribution in [0.2, 0.25) is 0 Å². The molecule has 0 bridgehead atoms. The monoisotopic (exact) mass is 258 g/mol. The topological polar surface area (TPSA) is 64.3 Å². The largest absolute Gasteiger partial charge is 0.497 e. The lowest BCUT2D eigenvalue weighted by atomic mass is 10.0. The van der Waals surface area contributed by atoms with E-state index in [1.165, 1.54) is 0 Å². The van der Waals surface area contributed by atoms with Crippen molar-refractivity contribution >= 4 is 5.97 Å². The Labute approximate surface area is 110 Å². The average Bonchev–Trinajstić information content (AvgIpc) is 2.98. The van der Waals surface area contributed by atoms with Gasteiger partial charge in [0, 0.05) is 17.8 Å². The van der Waals surface area contributed by atoms with Crippen LogP contribution in [-0.4, -0.2) is 28.0 Å². The first-order chi connectivity index (χ1) is 9.20. The maximum Gasteiger partial charge on any atom is 0.357 e. The number of fused-ring (bicyclic) bond motifs is 1. The van der Waals surface area contributed by atoms with E-state index in [4.69, 9.17) is 4.74 Å². The molecular formula is C14H14N2O3. The minimum atomic E-state index is -0.986. The van der Waals surface area contributed by atoms with Gasteiger partial charge in [-0.3, -0.25) is 4.68 Å². The molecule has 5 heteroatoms. The lowest BCUT2D eigenvalue weighted by Gasteiger charge is -2.05. The highest BCUT2D eigenvalue weighted by Gasteiger charge is 2.26. The number of aromatic nitrogens is 2. The van der Waals surface area contributed by atoms with E-state index in [2.05, 4.69) is 5.10 Å². The number of nitrogens with zero attached hydrogens (tertiary/aromatic N) is 2. The van der Waals surface area contributed by atoms with Gasteiger partial charge in [-0.15, -0.1) is 0 Å². The molecule has 1 aromatic heterocycles. The minimum Gasteiger partial charge on any atom is -0.497 e. The van der Waals surface area contributed by atoms with E-state index in [0.717, 1.165) is 36.2 Å². The number of benzene rings is 1. The molecule has 5 nitrogen and oxygen atoms in total. The summed E-state index contributed by atoms with van der Waals surface area (Å²) in [7, 11) is 1.60. The molecule has 0 radical (unpaired) electrons. The first kappa shape index (κ1) is 11.8. The summed E-state index contributed by atoms with van der Waals surface area (Å²) in [4.78, 5) is 11.3. The maximum atomic E-state index is 11.3. The van der Waals surface area contributed by atoms with Gasteiger partial charge >= 0.3 is 5.97 Å². The van der Waals surface area contributed by atoms with Crippen LogP contribution in [0.3, 0.4) is 0 Å². The average molecular weight is 258 g/mol. The number of carboxylic acids is 1. The van der Waals surface area contributed by atoms with Gasteiger partial charge in [-0.2, -0.15) is 5.10 Å². The predicted octanol–water partition coefficient (Wildman–Crippen LogP) is 2.20. The molecule has 1 N–H and O–H groups in total. The number of hydrogen-bond acceptors (Lipinski definition) is 3. The van der Waals surface area contributed by atoms with Crippen LogP contribution in [0.5, 0.6) is 5.75 Å². The molecule has 0 saturated heterocycles. The standard InChI is InChI=1S/C14H14N2O3/c1-19-10-5-2-4-9(8-10)12-11-6-3-7-16(11)15-13(12)14(17)18/h2,4-5,8H,3,6-7H2,1H3,(H,17,18). The van der Waals surface area contributed by atoms with Crippen LogP contribution in [0, 0.1) is 0 Å². The molecule has 0 spiro atoms. The van der Waals surface area contributed by atoms with Crippen molar-refractivity contribution in [2.24, 2.45) is 0 Å². The SMILES string of the molecule is COc1cccc(-c2c(C(=O)O)nn3c2CCC3)c1. The van der Waals surface area contributed by atoms with Crippen molar-refractivity contribution in [3.05, 3.63) is 35.7 Å². The van der Waals surface area contributed by atoms with Gasteiger partial charge in [0.1, 0.15) is 5.75 Å². The molecule has 0 aliphatic carbocycles. The molecule has 2 aromatic rings. The highest BCUT2D eigenvalue weighted by Crippen LogP contribution is 2.33. The van der Waals surface area contributed by atoms with E-state index >= 15 is 0 Å². The van der Waals surface area contributed by atoms with Gasteiger partial charge < -0.3 is 9.84 Å². The quantitative estimate of drug-likeness (QED) is 0.916. The number of methoxy groups -OCH3 is 1. The maximum absolute atomic E-state index is 11.3.